The Labute approximate surface area is 204 Å². The highest BCUT2D eigenvalue weighted by Gasteiger charge is 2.26. The van der Waals surface area contributed by atoms with Crippen LogP contribution in [0.15, 0.2) is 70.3 Å². The zero-order valence-electron chi connectivity index (χ0n) is 20.4. The molecular formula is C26H33N5O4. The van der Waals surface area contributed by atoms with Crippen LogP contribution in [0.4, 0.5) is 11.5 Å². The smallest absolute Gasteiger partial charge is 0.330 e. The van der Waals surface area contributed by atoms with Gasteiger partial charge in [0.2, 0.25) is 5.91 Å². The van der Waals surface area contributed by atoms with Crippen molar-refractivity contribution in [3.8, 4) is 0 Å². The van der Waals surface area contributed by atoms with Gasteiger partial charge in [0.15, 0.2) is 5.69 Å². The van der Waals surface area contributed by atoms with Gasteiger partial charge in [-0.2, -0.15) is 0 Å². The molecule has 35 heavy (non-hydrogen) atoms. The summed E-state index contributed by atoms with van der Waals surface area (Å²) >= 11 is 0. The molecule has 0 aliphatic carbocycles. The molecular weight excluding hydrogens is 446 g/mol. The number of methoxy groups -OCH3 is 1. The van der Waals surface area contributed by atoms with Crippen LogP contribution in [0, 0.1) is 0 Å². The Bertz CT molecular complexity index is 1220. The van der Waals surface area contributed by atoms with E-state index in [1.54, 1.807) is 0 Å². The van der Waals surface area contributed by atoms with Crippen molar-refractivity contribution in [3.63, 3.8) is 0 Å². The Kier molecular flexibility index (Phi) is 8.99. The van der Waals surface area contributed by atoms with Crippen molar-refractivity contribution < 1.29 is 9.53 Å². The predicted molar refractivity (Wildman–Crippen MR) is 137 cm³/mol. The first-order chi connectivity index (χ1) is 16.8. The molecule has 0 saturated carbocycles. The van der Waals surface area contributed by atoms with Crippen LogP contribution < -0.4 is 21.9 Å². The number of carbonyl (C=O) groups excluding carboxylic acids is 1. The quantitative estimate of drug-likeness (QED) is 0.435. The van der Waals surface area contributed by atoms with Gasteiger partial charge in [-0.05, 0) is 25.0 Å². The van der Waals surface area contributed by atoms with Crippen LogP contribution in [0.25, 0.3) is 0 Å². The van der Waals surface area contributed by atoms with Crippen molar-refractivity contribution in [1.29, 1.82) is 0 Å². The molecule has 1 amide bonds. The summed E-state index contributed by atoms with van der Waals surface area (Å²) in [6.07, 6.45) is 0. The van der Waals surface area contributed by atoms with E-state index < -0.39 is 11.2 Å². The van der Waals surface area contributed by atoms with Crippen LogP contribution in [0.5, 0.6) is 0 Å². The molecule has 0 fully saturated rings. The Balaban J connectivity index is 1.95. The minimum Gasteiger partial charge on any atom is -0.383 e. The first kappa shape index (κ1) is 25.9. The Hall–Kier alpha value is -3.69. The van der Waals surface area contributed by atoms with Crippen molar-refractivity contribution in [2.24, 2.45) is 0 Å². The van der Waals surface area contributed by atoms with E-state index in [1.807, 2.05) is 79.4 Å². The second-order valence-electron chi connectivity index (χ2n) is 8.59. The summed E-state index contributed by atoms with van der Waals surface area (Å²) in [7, 11) is 1.52. The van der Waals surface area contributed by atoms with Gasteiger partial charge >= 0.3 is 5.69 Å². The third kappa shape index (κ3) is 6.68. The molecule has 2 aromatic carbocycles. The molecule has 9 heteroatoms. The summed E-state index contributed by atoms with van der Waals surface area (Å²) in [5.74, 6) is -0.375. The molecule has 1 heterocycles. The molecule has 0 atom stereocenters. The standard InChI is InChI=1S/C26H33N5O4/c1-19(2)29(16-20-10-6-4-7-11-20)18-22(32)30(14-15-35-3)23-24(27)31(26(34)28-25(23)33)17-21-12-8-5-9-13-21/h4-13,19H,14-18,27H2,1-3H3,(H,28,33,34). The SMILES string of the molecule is COCCN(C(=O)CN(Cc1ccccc1)C(C)C)c1c(N)n(Cc2ccccc2)c(=O)[nH]c1=O. The van der Waals surface area contributed by atoms with Gasteiger partial charge in [-0.3, -0.25) is 24.0 Å². The number of amides is 1. The lowest BCUT2D eigenvalue weighted by molar-refractivity contribution is -0.120. The monoisotopic (exact) mass is 479 g/mol. The minimum atomic E-state index is -0.708. The summed E-state index contributed by atoms with van der Waals surface area (Å²) in [6.45, 7) is 5.13. The minimum absolute atomic E-state index is 0.0500. The first-order valence-corrected chi connectivity index (χ1v) is 11.6. The van der Waals surface area contributed by atoms with Gasteiger partial charge in [0.25, 0.3) is 5.56 Å². The molecule has 0 aliphatic heterocycles. The highest BCUT2D eigenvalue weighted by molar-refractivity contribution is 5.96. The topological polar surface area (TPSA) is 114 Å². The van der Waals surface area contributed by atoms with Crippen LogP contribution in [-0.2, 0) is 22.6 Å². The zero-order chi connectivity index (χ0) is 25.4. The molecule has 0 bridgehead atoms. The van der Waals surface area contributed by atoms with Gasteiger partial charge in [-0.15, -0.1) is 0 Å². The lowest BCUT2D eigenvalue weighted by Gasteiger charge is -2.30. The van der Waals surface area contributed by atoms with Gasteiger partial charge in [-0.1, -0.05) is 60.7 Å². The lowest BCUT2D eigenvalue weighted by Crippen LogP contribution is -2.47. The molecule has 1 aromatic heterocycles. The predicted octanol–water partition coefficient (Wildman–Crippen LogP) is 2.06. The van der Waals surface area contributed by atoms with E-state index in [9.17, 15) is 14.4 Å². The number of nitrogens with two attached hydrogens (primary N) is 1. The van der Waals surface area contributed by atoms with Crippen LogP contribution in [0.1, 0.15) is 25.0 Å². The average molecular weight is 480 g/mol. The fourth-order valence-electron chi connectivity index (χ4n) is 3.80. The molecule has 3 N–H and O–H groups in total. The van der Waals surface area contributed by atoms with Gasteiger partial charge in [0, 0.05) is 26.2 Å². The fraction of sp³-hybridized carbons (Fsp3) is 0.346. The molecule has 9 nitrogen and oxygen atoms in total. The fourth-order valence-corrected chi connectivity index (χ4v) is 3.80. The van der Waals surface area contributed by atoms with Gasteiger partial charge < -0.3 is 15.4 Å². The van der Waals surface area contributed by atoms with Crippen LogP contribution in [-0.4, -0.2) is 53.2 Å². The average Bonchev–Trinajstić information content (AvgIpc) is 2.84. The summed E-state index contributed by atoms with van der Waals surface area (Å²) in [6, 6.07) is 19.2. The highest BCUT2D eigenvalue weighted by atomic mass is 16.5. The van der Waals surface area contributed by atoms with E-state index in [0.29, 0.717) is 6.54 Å². The van der Waals surface area contributed by atoms with Gasteiger partial charge in [0.05, 0.1) is 19.7 Å². The number of nitrogens with zero attached hydrogens (tertiary/aromatic N) is 3. The number of H-pyrrole nitrogens is 1. The van der Waals surface area contributed by atoms with Crippen molar-refractivity contribution in [2.75, 3.05) is 37.4 Å². The number of aromatic amines is 1. The van der Waals surface area contributed by atoms with Crippen molar-refractivity contribution in [1.82, 2.24) is 14.5 Å². The van der Waals surface area contributed by atoms with Crippen LogP contribution in [0.2, 0.25) is 0 Å². The number of hydrogen-bond acceptors (Lipinski definition) is 6. The van der Waals surface area contributed by atoms with Gasteiger partial charge in [0.1, 0.15) is 5.82 Å². The van der Waals surface area contributed by atoms with Crippen molar-refractivity contribution in [3.05, 3.63) is 92.6 Å². The van der Waals surface area contributed by atoms with Gasteiger partial charge in [-0.25, -0.2) is 4.79 Å². The maximum absolute atomic E-state index is 13.5. The number of anilines is 2. The van der Waals surface area contributed by atoms with E-state index in [0.717, 1.165) is 11.1 Å². The summed E-state index contributed by atoms with van der Waals surface area (Å²) < 4.78 is 6.46. The van der Waals surface area contributed by atoms with E-state index in [2.05, 4.69) is 4.98 Å². The Morgan fingerprint density at radius 3 is 2.20 bits per heavy atom. The van der Waals surface area contributed by atoms with E-state index in [4.69, 9.17) is 10.5 Å². The molecule has 0 spiro atoms. The largest absolute Gasteiger partial charge is 0.383 e. The molecule has 3 rings (SSSR count). The second-order valence-corrected chi connectivity index (χ2v) is 8.59. The third-order valence-electron chi connectivity index (χ3n) is 5.78. The number of ether oxygens (including phenoxy) is 1. The molecule has 3 aromatic rings. The zero-order valence-corrected chi connectivity index (χ0v) is 20.4. The third-order valence-corrected chi connectivity index (χ3v) is 5.78. The van der Waals surface area contributed by atoms with Crippen molar-refractivity contribution in [2.45, 2.75) is 33.0 Å². The second kappa shape index (κ2) is 12.1. The number of benzene rings is 2. The molecule has 0 radical (unpaired) electrons. The Morgan fingerprint density at radius 2 is 1.63 bits per heavy atom. The molecule has 0 saturated heterocycles. The van der Waals surface area contributed by atoms with E-state index in [-0.39, 0.29) is 49.7 Å². The molecule has 186 valence electrons. The molecule has 0 aliphatic rings. The maximum Gasteiger partial charge on any atom is 0.330 e. The number of nitrogen functional groups attached to an aromatic ring is 1. The number of aromatic nitrogens is 2. The summed E-state index contributed by atoms with van der Waals surface area (Å²) in [4.78, 5) is 44.7. The van der Waals surface area contributed by atoms with E-state index in [1.165, 1.54) is 16.6 Å². The summed E-state index contributed by atoms with van der Waals surface area (Å²) in [5.41, 5.74) is 6.87. The van der Waals surface area contributed by atoms with E-state index >= 15 is 0 Å². The number of carbonyl (C=O) groups is 1. The highest BCUT2D eigenvalue weighted by Crippen LogP contribution is 2.19. The first-order valence-electron chi connectivity index (χ1n) is 11.6. The number of rotatable bonds is 11. The normalized spacial score (nSPS) is 11.2. The molecule has 0 unspecified atom stereocenters. The lowest BCUT2D eigenvalue weighted by atomic mass is 10.2. The maximum atomic E-state index is 13.5. The number of nitrogens with one attached hydrogen (secondary N) is 1. The van der Waals surface area contributed by atoms with Crippen LogP contribution >= 0.6 is 0 Å². The van der Waals surface area contributed by atoms with Crippen LogP contribution in [0.3, 0.4) is 0 Å². The van der Waals surface area contributed by atoms with Crippen molar-refractivity contribution >= 4 is 17.4 Å². The number of hydrogen-bond donors (Lipinski definition) is 2. The Morgan fingerprint density at radius 1 is 1.03 bits per heavy atom. The summed E-state index contributed by atoms with van der Waals surface area (Å²) in [5, 5.41) is 0.